The minimum Gasteiger partial charge on any atom is -0.346 e. The van der Waals surface area contributed by atoms with Crippen LogP contribution in [0.4, 0.5) is 13.2 Å². The van der Waals surface area contributed by atoms with Gasteiger partial charge in [0, 0.05) is 19.6 Å². The average molecular weight is 467 g/mol. The van der Waals surface area contributed by atoms with E-state index in [4.69, 9.17) is 0 Å². The van der Waals surface area contributed by atoms with Crippen molar-refractivity contribution in [3.8, 4) is 0 Å². The molecule has 0 saturated carbocycles. The molecule has 2 aromatic rings. The molecule has 0 radical (unpaired) electrons. The van der Waals surface area contributed by atoms with Crippen LogP contribution in [0.2, 0.25) is 0 Å². The molecule has 1 amide bonds. The first-order chi connectivity index (χ1) is 13.9. The first kappa shape index (κ1) is 24.5. The Balaban J connectivity index is 2.33. The quantitative estimate of drug-likeness (QED) is 0.574. The molecule has 30 heavy (non-hydrogen) atoms. The number of hydrogen-bond donors (Lipinski definition) is 1. The summed E-state index contributed by atoms with van der Waals surface area (Å²) in [6, 6.07) is 4.64. The van der Waals surface area contributed by atoms with Gasteiger partial charge in [0.1, 0.15) is 6.54 Å². The van der Waals surface area contributed by atoms with E-state index in [1.807, 2.05) is 12.2 Å². The highest BCUT2D eigenvalue weighted by molar-refractivity contribution is 8.00. The molecule has 1 atom stereocenters. The molecule has 1 aromatic heterocycles. The second kappa shape index (κ2) is 9.56. The van der Waals surface area contributed by atoms with Crippen LogP contribution in [-0.2, 0) is 21.4 Å². The fourth-order valence-corrected chi connectivity index (χ4v) is 5.39. The minimum atomic E-state index is -4.48. The smallest absolute Gasteiger partial charge is 0.346 e. The lowest BCUT2D eigenvalue weighted by molar-refractivity contribution is -0.137. The van der Waals surface area contributed by atoms with E-state index < -0.39 is 33.9 Å². The molecule has 0 unspecified atom stereocenters. The Morgan fingerprint density at radius 1 is 1.27 bits per heavy atom. The predicted octanol–water partition coefficient (Wildman–Crippen LogP) is 3.25. The number of halogens is 3. The fourth-order valence-electron chi connectivity index (χ4n) is 2.90. The highest BCUT2D eigenvalue weighted by atomic mass is 32.2. The van der Waals surface area contributed by atoms with Gasteiger partial charge >= 0.3 is 6.18 Å². The van der Waals surface area contributed by atoms with Crippen molar-refractivity contribution < 1.29 is 26.4 Å². The van der Waals surface area contributed by atoms with E-state index in [0.29, 0.717) is 35.8 Å². The molecule has 1 N–H and O–H groups in total. The van der Waals surface area contributed by atoms with Gasteiger partial charge in [0.05, 0.1) is 21.2 Å². The van der Waals surface area contributed by atoms with Crippen molar-refractivity contribution in [2.75, 3.05) is 19.6 Å². The molecule has 2 rings (SSSR count). The third-order valence-corrected chi connectivity index (χ3v) is 7.59. The van der Waals surface area contributed by atoms with Crippen LogP contribution >= 0.6 is 11.8 Å². The first-order valence-electron chi connectivity index (χ1n) is 9.46. The van der Waals surface area contributed by atoms with Crippen molar-refractivity contribution >= 4 is 38.7 Å². The molecule has 0 bridgehead atoms. The molecule has 7 nitrogen and oxygen atoms in total. The molecule has 1 heterocycles. The third kappa shape index (κ3) is 5.46. The van der Waals surface area contributed by atoms with Crippen molar-refractivity contribution in [1.29, 1.82) is 0 Å². The lowest BCUT2D eigenvalue weighted by Crippen LogP contribution is -2.38. The Bertz CT molecular complexity index is 1000. The van der Waals surface area contributed by atoms with Gasteiger partial charge in [-0.1, -0.05) is 25.6 Å². The number of fused-ring (bicyclic) bond motifs is 1. The standard InChI is InChI=1S/C18H25F3N4O3S2/c1-5-24(6-2)30(27,28)13-8-9-15-14(10-13)23-17(25(15)7-3)29-12(4)16(26)22-11-18(19,20)21/h8-10,12H,5-7,11H2,1-4H3,(H,22,26)/t12-/m0/s1. The number of aromatic nitrogens is 2. The van der Waals surface area contributed by atoms with E-state index in [2.05, 4.69) is 4.98 Å². The summed E-state index contributed by atoms with van der Waals surface area (Å²) in [6.45, 7) is 6.64. The summed E-state index contributed by atoms with van der Waals surface area (Å²) in [7, 11) is -3.65. The zero-order chi connectivity index (χ0) is 22.7. The Hall–Kier alpha value is -1.79. The lowest BCUT2D eigenvalue weighted by atomic mass is 10.3. The van der Waals surface area contributed by atoms with Crippen LogP contribution in [0.5, 0.6) is 0 Å². The second-order valence-corrected chi connectivity index (χ2v) is 9.72. The number of thioether (sulfide) groups is 1. The summed E-state index contributed by atoms with van der Waals surface area (Å²) < 4.78 is 65.6. The van der Waals surface area contributed by atoms with Crippen LogP contribution in [0.3, 0.4) is 0 Å². The number of carbonyl (C=O) groups is 1. The fraction of sp³-hybridized carbons (Fsp3) is 0.556. The van der Waals surface area contributed by atoms with Crippen molar-refractivity contribution in [3.05, 3.63) is 18.2 Å². The maximum absolute atomic E-state index is 12.8. The maximum Gasteiger partial charge on any atom is 0.405 e. The van der Waals surface area contributed by atoms with Crippen molar-refractivity contribution in [2.45, 2.75) is 55.7 Å². The number of aryl methyl sites for hydroxylation is 1. The number of nitrogens with one attached hydrogen (secondary N) is 1. The number of amides is 1. The van der Waals surface area contributed by atoms with Gasteiger partial charge < -0.3 is 9.88 Å². The molecule has 0 aliphatic heterocycles. The number of nitrogens with zero attached hydrogens (tertiary/aromatic N) is 3. The summed E-state index contributed by atoms with van der Waals surface area (Å²) in [5.41, 5.74) is 1.12. The molecule has 0 aliphatic carbocycles. The van der Waals surface area contributed by atoms with Gasteiger partial charge in [-0.2, -0.15) is 17.5 Å². The van der Waals surface area contributed by atoms with E-state index in [-0.39, 0.29) is 4.90 Å². The van der Waals surface area contributed by atoms with Gasteiger partial charge in [-0.05, 0) is 32.0 Å². The van der Waals surface area contributed by atoms with Gasteiger partial charge in [-0.25, -0.2) is 13.4 Å². The van der Waals surface area contributed by atoms with E-state index >= 15 is 0 Å². The summed E-state index contributed by atoms with van der Waals surface area (Å²) in [6.07, 6.45) is -4.48. The van der Waals surface area contributed by atoms with E-state index in [9.17, 15) is 26.4 Å². The number of carbonyl (C=O) groups excluding carboxylic acids is 1. The number of benzene rings is 1. The minimum absolute atomic E-state index is 0.118. The van der Waals surface area contributed by atoms with Gasteiger partial charge in [0.15, 0.2) is 5.16 Å². The van der Waals surface area contributed by atoms with Crippen molar-refractivity contribution in [2.24, 2.45) is 0 Å². The van der Waals surface area contributed by atoms with Crippen LogP contribution in [0.1, 0.15) is 27.7 Å². The van der Waals surface area contributed by atoms with E-state index in [1.54, 1.807) is 24.5 Å². The highest BCUT2D eigenvalue weighted by Gasteiger charge is 2.29. The Labute approximate surface area is 178 Å². The van der Waals surface area contributed by atoms with Crippen LogP contribution < -0.4 is 5.32 Å². The number of rotatable bonds is 9. The van der Waals surface area contributed by atoms with Gasteiger partial charge in [-0.3, -0.25) is 4.79 Å². The number of alkyl halides is 3. The molecule has 0 fully saturated rings. The van der Waals surface area contributed by atoms with Gasteiger partial charge in [-0.15, -0.1) is 0 Å². The normalized spacial score (nSPS) is 13.7. The Morgan fingerprint density at radius 3 is 2.43 bits per heavy atom. The highest BCUT2D eigenvalue weighted by Crippen LogP contribution is 2.29. The molecule has 0 saturated heterocycles. The molecular weight excluding hydrogens is 441 g/mol. The summed E-state index contributed by atoms with van der Waals surface area (Å²) >= 11 is 1.02. The van der Waals surface area contributed by atoms with Crippen molar-refractivity contribution in [3.63, 3.8) is 0 Å². The second-order valence-electron chi connectivity index (χ2n) is 6.47. The SMILES string of the molecule is CCN(CC)S(=O)(=O)c1ccc2c(c1)nc(S[C@@H](C)C(=O)NCC(F)(F)F)n2CC. The molecule has 12 heteroatoms. The molecule has 0 spiro atoms. The Kier molecular flexibility index (Phi) is 7.80. The monoisotopic (exact) mass is 466 g/mol. The molecule has 0 aliphatic rings. The zero-order valence-corrected chi connectivity index (χ0v) is 18.8. The average Bonchev–Trinajstić information content (AvgIpc) is 3.02. The third-order valence-electron chi connectivity index (χ3n) is 4.46. The van der Waals surface area contributed by atoms with Crippen LogP contribution in [0.15, 0.2) is 28.3 Å². The number of imidazole rings is 1. The molecule has 168 valence electrons. The van der Waals surface area contributed by atoms with Gasteiger partial charge in [0.2, 0.25) is 15.9 Å². The largest absolute Gasteiger partial charge is 0.405 e. The Morgan fingerprint density at radius 2 is 1.90 bits per heavy atom. The van der Waals surface area contributed by atoms with Crippen LogP contribution in [0.25, 0.3) is 11.0 Å². The summed E-state index contributed by atoms with van der Waals surface area (Å²) in [5, 5.41) is 1.48. The summed E-state index contributed by atoms with van der Waals surface area (Å²) in [4.78, 5) is 16.5. The van der Waals surface area contributed by atoms with Crippen molar-refractivity contribution in [1.82, 2.24) is 19.2 Å². The van der Waals surface area contributed by atoms with E-state index in [0.717, 1.165) is 11.8 Å². The number of sulfonamides is 1. The zero-order valence-electron chi connectivity index (χ0n) is 17.2. The van der Waals surface area contributed by atoms with Crippen LogP contribution in [0, 0.1) is 0 Å². The summed E-state index contributed by atoms with van der Waals surface area (Å²) in [5.74, 6) is -0.753. The maximum atomic E-state index is 12.8. The topological polar surface area (TPSA) is 84.3 Å². The first-order valence-corrected chi connectivity index (χ1v) is 11.8. The molecular formula is C18H25F3N4O3S2. The van der Waals surface area contributed by atoms with E-state index in [1.165, 1.54) is 23.4 Å². The molecule has 1 aromatic carbocycles. The predicted molar refractivity (Wildman–Crippen MR) is 110 cm³/mol. The lowest BCUT2D eigenvalue weighted by Gasteiger charge is -2.18. The van der Waals surface area contributed by atoms with Gasteiger partial charge in [0.25, 0.3) is 0 Å². The number of hydrogen-bond acceptors (Lipinski definition) is 5. The van der Waals surface area contributed by atoms with Crippen LogP contribution in [-0.4, -0.2) is 59.2 Å².